The number of carbonyl (C=O) groups excluding carboxylic acids is 1. The van der Waals surface area contributed by atoms with E-state index in [1.165, 1.54) is 12.1 Å². The highest BCUT2D eigenvalue weighted by Gasteiger charge is 2.42. The summed E-state index contributed by atoms with van der Waals surface area (Å²) < 4.78 is 24.8. The van der Waals surface area contributed by atoms with Gasteiger partial charge in [-0.1, -0.05) is 12.1 Å². The van der Waals surface area contributed by atoms with E-state index in [0.29, 0.717) is 22.7 Å². The molecule has 5 rings (SSSR count). The van der Waals surface area contributed by atoms with Crippen LogP contribution in [0, 0.1) is 5.82 Å². The van der Waals surface area contributed by atoms with Crippen LogP contribution in [0.5, 0.6) is 5.75 Å². The van der Waals surface area contributed by atoms with Crippen LogP contribution in [0.1, 0.15) is 33.4 Å². The summed E-state index contributed by atoms with van der Waals surface area (Å²) in [5, 5.41) is 7.30. The largest absolute Gasteiger partial charge is 0.497 e. The molecule has 1 aliphatic heterocycles. The third-order valence-corrected chi connectivity index (χ3v) is 5.30. The summed E-state index contributed by atoms with van der Waals surface area (Å²) in [6.45, 7) is 0.261. The van der Waals surface area contributed by atoms with E-state index < -0.39 is 6.04 Å². The number of nitrogens with zero attached hydrogens (tertiary/aromatic N) is 2. The summed E-state index contributed by atoms with van der Waals surface area (Å²) in [5.41, 5.74) is 3.29. The molecule has 2 aromatic heterocycles. The number of methoxy groups -OCH3 is 1. The lowest BCUT2D eigenvalue weighted by atomic mass is 9.96. The van der Waals surface area contributed by atoms with Crippen molar-refractivity contribution in [2.45, 2.75) is 12.6 Å². The zero-order valence-corrected chi connectivity index (χ0v) is 16.1. The molecule has 2 aromatic carbocycles. The highest BCUT2D eigenvalue weighted by atomic mass is 19.1. The van der Waals surface area contributed by atoms with Crippen molar-refractivity contribution in [1.82, 2.24) is 15.1 Å². The summed E-state index contributed by atoms with van der Waals surface area (Å²) in [5.74, 6) is 0.806. The molecular formula is C23H18FN3O3. The fourth-order valence-corrected chi connectivity index (χ4v) is 3.92. The van der Waals surface area contributed by atoms with Gasteiger partial charge < -0.3 is 14.1 Å². The molecule has 1 amide bonds. The van der Waals surface area contributed by atoms with Crippen LogP contribution >= 0.6 is 0 Å². The molecule has 1 unspecified atom stereocenters. The Morgan fingerprint density at radius 3 is 2.70 bits per heavy atom. The van der Waals surface area contributed by atoms with Gasteiger partial charge in [0.2, 0.25) is 0 Å². The lowest BCUT2D eigenvalue weighted by Crippen LogP contribution is -2.29. The average molecular weight is 403 g/mol. The molecule has 0 radical (unpaired) electrons. The first-order chi connectivity index (χ1) is 14.7. The molecule has 1 atom stereocenters. The maximum atomic E-state index is 14.1. The van der Waals surface area contributed by atoms with E-state index >= 15 is 0 Å². The van der Waals surface area contributed by atoms with Gasteiger partial charge in [0.05, 0.1) is 31.7 Å². The maximum absolute atomic E-state index is 14.1. The first-order valence-electron chi connectivity index (χ1n) is 9.47. The van der Waals surface area contributed by atoms with Crippen molar-refractivity contribution in [3.8, 4) is 17.0 Å². The fourth-order valence-electron chi connectivity index (χ4n) is 3.92. The molecule has 7 heteroatoms. The second kappa shape index (κ2) is 7.18. The number of furan rings is 1. The SMILES string of the molecule is COc1ccc(-c2n[nH]c3c2C(c2cccc(F)c2)N(Cc2ccco2)C3=O)cc1. The first kappa shape index (κ1) is 18.2. The molecule has 0 saturated heterocycles. The topological polar surface area (TPSA) is 71.4 Å². The summed E-state index contributed by atoms with van der Waals surface area (Å²) >= 11 is 0. The Morgan fingerprint density at radius 1 is 1.17 bits per heavy atom. The number of fused-ring (bicyclic) bond motifs is 1. The molecule has 1 aliphatic rings. The summed E-state index contributed by atoms with van der Waals surface area (Å²) in [7, 11) is 1.60. The van der Waals surface area contributed by atoms with Crippen LogP contribution in [0.4, 0.5) is 4.39 Å². The fraction of sp³-hybridized carbons (Fsp3) is 0.130. The predicted molar refractivity (Wildman–Crippen MR) is 107 cm³/mol. The van der Waals surface area contributed by atoms with Crippen molar-refractivity contribution < 1.29 is 18.3 Å². The van der Waals surface area contributed by atoms with E-state index in [9.17, 15) is 9.18 Å². The third kappa shape index (κ3) is 2.95. The minimum atomic E-state index is -0.496. The van der Waals surface area contributed by atoms with Gasteiger partial charge in [0.25, 0.3) is 5.91 Å². The monoisotopic (exact) mass is 403 g/mol. The van der Waals surface area contributed by atoms with Gasteiger partial charge in [-0.05, 0) is 54.1 Å². The van der Waals surface area contributed by atoms with E-state index in [4.69, 9.17) is 9.15 Å². The van der Waals surface area contributed by atoms with Crippen molar-refractivity contribution in [2.24, 2.45) is 0 Å². The van der Waals surface area contributed by atoms with Crippen molar-refractivity contribution in [3.63, 3.8) is 0 Å². The van der Waals surface area contributed by atoms with Crippen LogP contribution in [-0.4, -0.2) is 28.1 Å². The molecule has 0 bridgehead atoms. The van der Waals surface area contributed by atoms with Crippen LogP contribution < -0.4 is 4.74 Å². The molecule has 6 nitrogen and oxygen atoms in total. The molecular weight excluding hydrogens is 385 g/mol. The second-order valence-corrected chi connectivity index (χ2v) is 7.06. The molecule has 0 aliphatic carbocycles. The highest BCUT2D eigenvalue weighted by molar-refractivity contribution is 6.00. The van der Waals surface area contributed by atoms with Gasteiger partial charge in [-0.3, -0.25) is 9.89 Å². The van der Waals surface area contributed by atoms with Gasteiger partial charge in [-0.15, -0.1) is 0 Å². The van der Waals surface area contributed by atoms with Crippen LogP contribution in [0.3, 0.4) is 0 Å². The van der Waals surface area contributed by atoms with Gasteiger partial charge >= 0.3 is 0 Å². The lowest BCUT2D eigenvalue weighted by molar-refractivity contribution is 0.0716. The Bertz CT molecular complexity index is 1200. The van der Waals surface area contributed by atoms with Crippen LogP contribution in [0.25, 0.3) is 11.3 Å². The van der Waals surface area contributed by atoms with Crippen LogP contribution in [0.15, 0.2) is 71.3 Å². The van der Waals surface area contributed by atoms with Crippen LogP contribution in [0.2, 0.25) is 0 Å². The third-order valence-electron chi connectivity index (χ3n) is 5.30. The highest BCUT2D eigenvalue weighted by Crippen LogP contribution is 2.43. The molecule has 1 N–H and O–H groups in total. The van der Waals surface area contributed by atoms with Gasteiger partial charge in [0.1, 0.15) is 23.0 Å². The summed E-state index contributed by atoms with van der Waals surface area (Å²) in [6.07, 6.45) is 1.57. The van der Waals surface area contributed by atoms with Gasteiger partial charge in [0, 0.05) is 11.1 Å². The quantitative estimate of drug-likeness (QED) is 0.530. The van der Waals surface area contributed by atoms with E-state index in [2.05, 4.69) is 10.2 Å². The number of nitrogens with one attached hydrogen (secondary N) is 1. The Balaban J connectivity index is 1.64. The van der Waals surface area contributed by atoms with Gasteiger partial charge in [0.15, 0.2) is 0 Å². The second-order valence-electron chi connectivity index (χ2n) is 7.06. The smallest absolute Gasteiger partial charge is 0.273 e. The number of carbonyl (C=O) groups is 1. The molecule has 0 fully saturated rings. The number of hydrogen-bond donors (Lipinski definition) is 1. The normalized spacial score (nSPS) is 15.5. The molecule has 150 valence electrons. The number of aromatic nitrogens is 2. The average Bonchev–Trinajstić information content (AvgIpc) is 3.48. The van der Waals surface area contributed by atoms with Crippen molar-refractivity contribution in [3.05, 3.63) is 95.3 Å². The molecule has 0 spiro atoms. The summed E-state index contributed by atoms with van der Waals surface area (Å²) in [6, 6.07) is 16.8. The predicted octanol–water partition coefficient (Wildman–Crippen LogP) is 4.56. The summed E-state index contributed by atoms with van der Waals surface area (Å²) in [4.78, 5) is 14.9. The number of rotatable bonds is 5. The standard InChI is InChI=1S/C23H18FN3O3/c1-29-17-9-7-14(8-10-17)20-19-21(26-25-20)23(28)27(13-18-6-3-11-30-18)22(19)15-4-2-5-16(24)12-15/h2-12,22H,13H2,1H3,(H,25,26). The Hall–Kier alpha value is -3.87. The zero-order chi connectivity index (χ0) is 20.7. The first-order valence-corrected chi connectivity index (χ1v) is 9.47. The van der Waals surface area contributed by atoms with Crippen molar-refractivity contribution in [2.75, 3.05) is 7.11 Å². The van der Waals surface area contributed by atoms with Crippen molar-refractivity contribution >= 4 is 5.91 Å². The van der Waals surface area contributed by atoms with Crippen LogP contribution in [-0.2, 0) is 6.54 Å². The Morgan fingerprint density at radius 2 is 2.00 bits per heavy atom. The minimum absolute atomic E-state index is 0.206. The number of ether oxygens (including phenoxy) is 1. The van der Waals surface area contributed by atoms with E-state index in [1.807, 2.05) is 36.4 Å². The molecule has 4 aromatic rings. The molecule has 3 heterocycles. The Kier molecular flexibility index (Phi) is 4.35. The van der Waals surface area contributed by atoms with E-state index in [-0.39, 0.29) is 18.3 Å². The van der Waals surface area contributed by atoms with Gasteiger partial charge in [-0.2, -0.15) is 5.10 Å². The van der Waals surface area contributed by atoms with Gasteiger partial charge in [-0.25, -0.2) is 4.39 Å². The number of aromatic amines is 1. The number of H-pyrrole nitrogens is 1. The number of halogens is 1. The number of benzene rings is 2. The lowest BCUT2D eigenvalue weighted by Gasteiger charge is -2.25. The zero-order valence-electron chi connectivity index (χ0n) is 16.1. The number of amides is 1. The molecule has 30 heavy (non-hydrogen) atoms. The van der Waals surface area contributed by atoms with E-state index in [0.717, 1.165) is 16.9 Å². The van der Waals surface area contributed by atoms with Crippen molar-refractivity contribution in [1.29, 1.82) is 0 Å². The van der Waals surface area contributed by atoms with E-state index in [1.54, 1.807) is 30.4 Å². The Labute approximate surface area is 171 Å². The number of hydrogen-bond acceptors (Lipinski definition) is 4. The minimum Gasteiger partial charge on any atom is -0.497 e. The maximum Gasteiger partial charge on any atom is 0.273 e. The molecule has 0 saturated carbocycles.